The molecule has 0 saturated heterocycles. The summed E-state index contributed by atoms with van der Waals surface area (Å²) in [5.74, 6) is 2.64. The van der Waals surface area contributed by atoms with Crippen molar-refractivity contribution in [3.05, 3.63) is 59.7 Å². The summed E-state index contributed by atoms with van der Waals surface area (Å²) in [6, 6.07) is 9.19. The van der Waals surface area contributed by atoms with E-state index in [-0.39, 0.29) is 6.79 Å². The number of carbonyl (C=O) groups excluding carboxylic acids is 1. The highest BCUT2D eigenvalue weighted by molar-refractivity contribution is 5.77. The molecule has 5 heteroatoms. The number of aldehydes is 1. The quantitative estimate of drug-likeness (QED) is 0.538. The van der Waals surface area contributed by atoms with E-state index in [1.807, 2.05) is 25.1 Å². The second-order valence-electron chi connectivity index (χ2n) is 5.53. The van der Waals surface area contributed by atoms with Gasteiger partial charge in [-0.1, -0.05) is 12.1 Å². The number of hydrogen-bond acceptors (Lipinski definition) is 5. The van der Waals surface area contributed by atoms with Crippen molar-refractivity contribution in [3.8, 4) is 23.0 Å². The minimum Gasteiger partial charge on any atom is -0.490 e. The zero-order chi connectivity index (χ0) is 17.6. The van der Waals surface area contributed by atoms with Gasteiger partial charge in [0.1, 0.15) is 12.9 Å². The predicted octanol–water partition coefficient (Wildman–Crippen LogP) is 3.93. The highest BCUT2D eigenvalue weighted by Gasteiger charge is 2.16. The third-order valence-corrected chi connectivity index (χ3v) is 3.77. The predicted molar refractivity (Wildman–Crippen MR) is 93.8 cm³/mol. The van der Waals surface area contributed by atoms with Gasteiger partial charge in [0.25, 0.3) is 0 Å². The molecule has 0 bridgehead atoms. The third-order valence-electron chi connectivity index (χ3n) is 3.77. The molecule has 2 aromatic carbocycles. The molecule has 0 atom stereocenters. The first-order chi connectivity index (χ1) is 12.2. The van der Waals surface area contributed by atoms with Gasteiger partial charge < -0.3 is 18.9 Å². The van der Waals surface area contributed by atoms with E-state index in [2.05, 4.69) is 6.58 Å². The third kappa shape index (κ3) is 3.76. The fraction of sp³-hybridized carbons (Fsp3) is 0.250. The van der Waals surface area contributed by atoms with Crippen molar-refractivity contribution in [2.45, 2.75) is 20.0 Å². The van der Waals surface area contributed by atoms with Gasteiger partial charge in [-0.15, -0.1) is 6.58 Å². The monoisotopic (exact) mass is 340 g/mol. The average molecular weight is 340 g/mol. The minimum atomic E-state index is 0.241. The first kappa shape index (κ1) is 16.9. The van der Waals surface area contributed by atoms with Crippen LogP contribution in [0.25, 0.3) is 0 Å². The van der Waals surface area contributed by atoms with Crippen molar-refractivity contribution in [2.75, 3.05) is 13.4 Å². The van der Waals surface area contributed by atoms with Gasteiger partial charge in [-0.25, -0.2) is 0 Å². The molecule has 0 spiro atoms. The molecular formula is C20H20O5. The van der Waals surface area contributed by atoms with Gasteiger partial charge in [-0.3, -0.25) is 4.79 Å². The Morgan fingerprint density at radius 2 is 2.00 bits per heavy atom. The SMILES string of the molecule is C=CCc1cc(C=O)cc(OCC)c1OCc1ccc2c(c1)OCO2. The maximum absolute atomic E-state index is 11.2. The number of fused-ring (bicyclic) bond motifs is 1. The summed E-state index contributed by atoms with van der Waals surface area (Å²) in [5.41, 5.74) is 2.37. The lowest BCUT2D eigenvalue weighted by Crippen LogP contribution is -2.04. The lowest BCUT2D eigenvalue weighted by atomic mass is 10.1. The molecule has 1 aliphatic rings. The molecule has 25 heavy (non-hydrogen) atoms. The topological polar surface area (TPSA) is 54.0 Å². The summed E-state index contributed by atoms with van der Waals surface area (Å²) in [6.45, 7) is 6.73. The van der Waals surface area contributed by atoms with Crippen molar-refractivity contribution in [2.24, 2.45) is 0 Å². The van der Waals surface area contributed by atoms with Crippen LogP contribution in [0.2, 0.25) is 0 Å². The van der Waals surface area contributed by atoms with Gasteiger partial charge in [0.2, 0.25) is 6.79 Å². The lowest BCUT2D eigenvalue weighted by molar-refractivity contribution is 0.112. The van der Waals surface area contributed by atoms with E-state index in [4.69, 9.17) is 18.9 Å². The fourth-order valence-corrected chi connectivity index (χ4v) is 2.67. The Bertz CT molecular complexity index is 782. The molecule has 0 aromatic heterocycles. The van der Waals surface area contributed by atoms with Crippen LogP contribution in [0, 0.1) is 0 Å². The molecule has 1 aliphatic heterocycles. The van der Waals surface area contributed by atoms with Gasteiger partial charge in [0.15, 0.2) is 23.0 Å². The number of ether oxygens (including phenoxy) is 4. The zero-order valence-electron chi connectivity index (χ0n) is 14.1. The molecule has 0 unspecified atom stereocenters. The standard InChI is InChI=1S/C20H20O5/c1-3-5-16-8-15(11-21)10-19(22-4-2)20(16)23-12-14-6-7-17-18(9-14)25-13-24-17/h3,6-11H,1,4-5,12-13H2,2H3. The summed E-state index contributed by atoms with van der Waals surface area (Å²) in [7, 11) is 0. The first-order valence-corrected chi connectivity index (χ1v) is 8.12. The van der Waals surface area contributed by atoms with Crippen molar-refractivity contribution in [1.82, 2.24) is 0 Å². The van der Waals surface area contributed by atoms with E-state index >= 15 is 0 Å². The number of benzene rings is 2. The number of allylic oxidation sites excluding steroid dienone is 1. The number of rotatable bonds is 8. The summed E-state index contributed by atoms with van der Waals surface area (Å²) < 4.78 is 22.4. The van der Waals surface area contributed by atoms with Crippen LogP contribution in [0.1, 0.15) is 28.4 Å². The van der Waals surface area contributed by atoms with E-state index < -0.39 is 0 Å². The second kappa shape index (κ2) is 7.75. The van der Waals surface area contributed by atoms with Crippen molar-refractivity contribution >= 4 is 6.29 Å². The summed E-state index contributed by atoms with van der Waals surface area (Å²) in [4.78, 5) is 11.2. The van der Waals surface area contributed by atoms with Gasteiger partial charge >= 0.3 is 0 Å². The lowest BCUT2D eigenvalue weighted by Gasteiger charge is -2.16. The van der Waals surface area contributed by atoms with Gasteiger partial charge in [0, 0.05) is 11.1 Å². The fourth-order valence-electron chi connectivity index (χ4n) is 2.67. The molecule has 0 saturated carbocycles. The molecule has 0 amide bonds. The van der Waals surface area contributed by atoms with Crippen LogP contribution in [0.4, 0.5) is 0 Å². The summed E-state index contributed by atoms with van der Waals surface area (Å²) in [5, 5.41) is 0. The van der Waals surface area contributed by atoms with E-state index in [0.29, 0.717) is 42.4 Å². The Kier molecular flexibility index (Phi) is 5.23. The van der Waals surface area contributed by atoms with Gasteiger partial charge in [0.05, 0.1) is 6.61 Å². The van der Waals surface area contributed by atoms with Crippen LogP contribution in [0.5, 0.6) is 23.0 Å². The van der Waals surface area contributed by atoms with Crippen LogP contribution >= 0.6 is 0 Å². The minimum absolute atomic E-state index is 0.241. The normalized spacial score (nSPS) is 11.9. The second-order valence-corrected chi connectivity index (χ2v) is 5.53. The van der Waals surface area contributed by atoms with Crippen LogP contribution in [0.3, 0.4) is 0 Å². The van der Waals surface area contributed by atoms with Crippen molar-refractivity contribution in [3.63, 3.8) is 0 Å². The van der Waals surface area contributed by atoms with Gasteiger partial charge in [-0.2, -0.15) is 0 Å². The van der Waals surface area contributed by atoms with Crippen LogP contribution in [-0.2, 0) is 13.0 Å². The highest BCUT2D eigenvalue weighted by atomic mass is 16.7. The Balaban J connectivity index is 1.86. The summed E-state index contributed by atoms with van der Waals surface area (Å²) in [6.07, 6.45) is 3.15. The van der Waals surface area contributed by atoms with Gasteiger partial charge in [-0.05, 0) is 43.2 Å². The first-order valence-electron chi connectivity index (χ1n) is 8.12. The van der Waals surface area contributed by atoms with E-state index in [0.717, 1.165) is 23.2 Å². The largest absolute Gasteiger partial charge is 0.490 e. The van der Waals surface area contributed by atoms with Crippen molar-refractivity contribution < 1.29 is 23.7 Å². The molecule has 2 aromatic rings. The Morgan fingerprint density at radius 1 is 1.16 bits per heavy atom. The van der Waals surface area contributed by atoms with Crippen molar-refractivity contribution in [1.29, 1.82) is 0 Å². The molecule has 3 rings (SSSR count). The van der Waals surface area contributed by atoms with E-state index in [1.54, 1.807) is 18.2 Å². The maximum atomic E-state index is 11.2. The van der Waals surface area contributed by atoms with Crippen LogP contribution in [0.15, 0.2) is 43.0 Å². The average Bonchev–Trinajstić information content (AvgIpc) is 3.09. The maximum Gasteiger partial charge on any atom is 0.231 e. The molecule has 130 valence electrons. The Hall–Kier alpha value is -2.95. The molecule has 0 aliphatic carbocycles. The summed E-state index contributed by atoms with van der Waals surface area (Å²) >= 11 is 0. The Morgan fingerprint density at radius 3 is 2.76 bits per heavy atom. The molecule has 1 heterocycles. The number of hydrogen-bond donors (Lipinski definition) is 0. The van der Waals surface area contributed by atoms with Crippen LogP contribution in [-0.4, -0.2) is 19.7 Å². The number of carbonyl (C=O) groups is 1. The zero-order valence-corrected chi connectivity index (χ0v) is 14.1. The van der Waals surface area contributed by atoms with E-state index in [1.165, 1.54) is 0 Å². The smallest absolute Gasteiger partial charge is 0.231 e. The molecular weight excluding hydrogens is 320 g/mol. The Labute approximate surface area is 146 Å². The molecule has 0 fully saturated rings. The van der Waals surface area contributed by atoms with Crippen LogP contribution < -0.4 is 18.9 Å². The molecule has 0 N–H and O–H groups in total. The van der Waals surface area contributed by atoms with E-state index in [9.17, 15) is 4.79 Å². The molecule has 5 nitrogen and oxygen atoms in total. The highest BCUT2D eigenvalue weighted by Crippen LogP contribution is 2.36. The molecule has 0 radical (unpaired) electrons.